The molecule has 5 heteroatoms. The van der Waals surface area contributed by atoms with Gasteiger partial charge in [0.15, 0.2) is 0 Å². The Kier molecular flexibility index (Phi) is 5.27. The molecule has 1 aromatic carbocycles. The molecule has 0 saturated carbocycles. The lowest BCUT2D eigenvalue weighted by molar-refractivity contribution is -0.187. The number of alkyl halides is 3. The molecule has 1 saturated heterocycles. The predicted molar refractivity (Wildman–Crippen MR) is 75.8 cm³/mol. The van der Waals surface area contributed by atoms with E-state index in [0.717, 1.165) is 5.56 Å². The van der Waals surface area contributed by atoms with Crippen molar-refractivity contribution in [1.29, 1.82) is 0 Å². The van der Waals surface area contributed by atoms with Crippen LogP contribution in [-0.4, -0.2) is 35.8 Å². The maximum Gasteiger partial charge on any atom is 0.393 e. The Hall–Kier alpha value is -1.07. The first-order chi connectivity index (χ1) is 9.88. The summed E-state index contributed by atoms with van der Waals surface area (Å²) in [4.78, 5) is 1.83. The fourth-order valence-corrected chi connectivity index (χ4v) is 2.97. The van der Waals surface area contributed by atoms with Crippen LogP contribution in [0.1, 0.15) is 31.4 Å². The van der Waals surface area contributed by atoms with Crippen LogP contribution in [0.5, 0.6) is 0 Å². The van der Waals surface area contributed by atoms with Gasteiger partial charge in [0, 0.05) is 13.1 Å². The molecule has 2 nitrogen and oxygen atoms in total. The van der Waals surface area contributed by atoms with E-state index in [1.165, 1.54) is 0 Å². The third kappa shape index (κ3) is 4.45. The van der Waals surface area contributed by atoms with Gasteiger partial charge in [-0.05, 0) is 30.9 Å². The lowest BCUT2D eigenvalue weighted by Gasteiger charge is -2.36. The molecule has 3 unspecified atom stereocenters. The van der Waals surface area contributed by atoms with Gasteiger partial charge in [-0.25, -0.2) is 0 Å². The molecule has 0 amide bonds. The minimum Gasteiger partial charge on any atom is -0.388 e. The molecule has 3 atom stereocenters. The first-order valence-corrected chi connectivity index (χ1v) is 7.40. The minimum atomic E-state index is -4.11. The van der Waals surface area contributed by atoms with Gasteiger partial charge in [-0.2, -0.15) is 13.2 Å². The third-order valence-corrected chi connectivity index (χ3v) is 4.19. The molecule has 1 aromatic rings. The Balaban J connectivity index is 1.92. The summed E-state index contributed by atoms with van der Waals surface area (Å²) in [5.41, 5.74) is 0.814. The number of piperidine rings is 1. The highest BCUT2D eigenvalue weighted by atomic mass is 19.4. The van der Waals surface area contributed by atoms with Crippen molar-refractivity contribution in [1.82, 2.24) is 4.90 Å². The summed E-state index contributed by atoms with van der Waals surface area (Å²) in [7, 11) is 0. The number of aliphatic hydroxyl groups excluding tert-OH is 1. The first kappa shape index (κ1) is 16.3. The van der Waals surface area contributed by atoms with Crippen molar-refractivity contribution in [3.05, 3.63) is 35.9 Å². The van der Waals surface area contributed by atoms with E-state index < -0.39 is 18.2 Å². The van der Waals surface area contributed by atoms with Crippen LogP contribution in [0.25, 0.3) is 0 Å². The van der Waals surface area contributed by atoms with Gasteiger partial charge in [-0.3, -0.25) is 0 Å². The third-order valence-electron chi connectivity index (χ3n) is 4.19. The van der Waals surface area contributed by atoms with Crippen molar-refractivity contribution < 1.29 is 18.3 Å². The van der Waals surface area contributed by atoms with Gasteiger partial charge in [0.2, 0.25) is 0 Å². The Morgan fingerprint density at radius 2 is 1.95 bits per heavy atom. The topological polar surface area (TPSA) is 23.5 Å². The summed E-state index contributed by atoms with van der Waals surface area (Å²) in [5.74, 6) is -1.33. The highest BCUT2D eigenvalue weighted by Gasteiger charge is 2.41. The van der Waals surface area contributed by atoms with Crippen molar-refractivity contribution >= 4 is 0 Å². The van der Waals surface area contributed by atoms with Gasteiger partial charge in [0.05, 0.1) is 12.0 Å². The van der Waals surface area contributed by atoms with Crippen LogP contribution >= 0.6 is 0 Å². The highest BCUT2D eigenvalue weighted by molar-refractivity contribution is 5.17. The number of aliphatic hydroxyl groups is 1. The second-order valence-electron chi connectivity index (χ2n) is 5.97. The monoisotopic (exact) mass is 301 g/mol. The Bertz CT molecular complexity index is 435. The number of nitrogens with zero attached hydrogens (tertiary/aromatic N) is 1. The summed E-state index contributed by atoms with van der Waals surface area (Å²) < 4.78 is 38.4. The maximum atomic E-state index is 12.8. The van der Waals surface area contributed by atoms with Gasteiger partial charge in [-0.15, -0.1) is 0 Å². The SMILES string of the molecule is CC(CN1CCCC(C(F)(F)F)C1)C(O)c1ccccc1. The summed E-state index contributed by atoms with van der Waals surface area (Å²) in [6, 6.07) is 9.27. The Morgan fingerprint density at radius 1 is 1.29 bits per heavy atom. The van der Waals surface area contributed by atoms with E-state index in [0.29, 0.717) is 19.5 Å². The zero-order valence-corrected chi connectivity index (χ0v) is 12.2. The molecule has 0 bridgehead atoms. The average molecular weight is 301 g/mol. The zero-order chi connectivity index (χ0) is 15.5. The molecule has 118 valence electrons. The molecule has 21 heavy (non-hydrogen) atoms. The molecule has 0 aromatic heterocycles. The largest absolute Gasteiger partial charge is 0.393 e. The van der Waals surface area contributed by atoms with E-state index in [1.54, 1.807) is 0 Å². The summed E-state index contributed by atoms with van der Waals surface area (Å²) in [6.45, 7) is 3.10. The van der Waals surface area contributed by atoms with E-state index in [2.05, 4.69) is 0 Å². The number of halogens is 3. The molecule has 1 heterocycles. The number of likely N-dealkylation sites (tertiary alicyclic amines) is 1. The van der Waals surface area contributed by atoms with Crippen molar-refractivity contribution in [3.63, 3.8) is 0 Å². The van der Waals surface area contributed by atoms with Crippen LogP contribution in [0, 0.1) is 11.8 Å². The Labute approximate surface area is 123 Å². The van der Waals surface area contributed by atoms with Crippen LogP contribution in [0.2, 0.25) is 0 Å². The van der Waals surface area contributed by atoms with Crippen LogP contribution in [-0.2, 0) is 0 Å². The van der Waals surface area contributed by atoms with E-state index in [9.17, 15) is 18.3 Å². The van der Waals surface area contributed by atoms with Gasteiger partial charge in [0.1, 0.15) is 0 Å². The van der Waals surface area contributed by atoms with Crippen LogP contribution in [0.15, 0.2) is 30.3 Å². The fourth-order valence-electron chi connectivity index (χ4n) is 2.97. The molecule has 1 aliphatic rings. The van der Waals surface area contributed by atoms with Crippen LogP contribution < -0.4 is 0 Å². The molecule has 1 fully saturated rings. The standard InChI is InChI=1S/C16H22F3NO/c1-12(15(21)13-6-3-2-4-7-13)10-20-9-5-8-14(11-20)16(17,18)19/h2-4,6-7,12,14-15,21H,5,8-11H2,1H3. The molecular weight excluding hydrogens is 279 g/mol. The van der Waals surface area contributed by atoms with Gasteiger partial charge in [-0.1, -0.05) is 37.3 Å². The van der Waals surface area contributed by atoms with E-state index in [4.69, 9.17) is 0 Å². The fraction of sp³-hybridized carbons (Fsp3) is 0.625. The number of benzene rings is 1. The minimum absolute atomic E-state index is 0.0509. The first-order valence-electron chi connectivity index (χ1n) is 7.40. The summed E-state index contributed by atoms with van der Waals surface area (Å²) in [6.07, 6.45) is -3.97. The van der Waals surface area contributed by atoms with Gasteiger partial charge >= 0.3 is 6.18 Å². The van der Waals surface area contributed by atoms with E-state index in [1.807, 2.05) is 42.2 Å². The highest BCUT2D eigenvalue weighted by Crippen LogP contribution is 2.34. The average Bonchev–Trinajstić information content (AvgIpc) is 2.47. The number of hydrogen-bond acceptors (Lipinski definition) is 2. The zero-order valence-electron chi connectivity index (χ0n) is 12.2. The molecule has 1 N–H and O–H groups in total. The quantitative estimate of drug-likeness (QED) is 0.918. The molecule has 0 spiro atoms. The lowest BCUT2D eigenvalue weighted by atomic mass is 9.93. The van der Waals surface area contributed by atoms with Crippen molar-refractivity contribution in [3.8, 4) is 0 Å². The van der Waals surface area contributed by atoms with Crippen molar-refractivity contribution in [2.24, 2.45) is 11.8 Å². The van der Waals surface area contributed by atoms with Crippen molar-refractivity contribution in [2.45, 2.75) is 32.0 Å². The lowest BCUT2D eigenvalue weighted by Crippen LogP contribution is -2.43. The van der Waals surface area contributed by atoms with E-state index >= 15 is 0 Å². The summed E-state index contributed by atoms with van der Waals surface area (Å²) >= 11 is 0. The second kappa shape index (κ2) is 6.79. The maximum absolute atomic E-state index is 12.8. The van der Waals surface area contributed by atoms with Crippen LogP contribution in [0.4, 0.5) is 13.2 Å². The molecule has 0 radical (unpaired) electrons. The normalized spacial score (nSPS) is 23.8. The van der Waals surface area contributed by atoms with Gasteiger partial charge in [0.25, 0.3) is 0 Å². The second-order valence-corrected chi connectivity index (χ2v) is 5.97. The molecular formula is C16H22F3NO. The van der Waals surface area contributed by atoms with Gasteiger partial charge < -0.3 is 10.0 Å². The number of rotatable bonds is 4. The molecule has 2 rings (SSSR count). The molecule has 0 aliphatic carbocycles. The van der Waals surface area contributed by atoms with Crippen LogP contribution in [0.3, 0.4) is 0 Å². The summed E-state index contributed by atoms with van der Waals surface area (Å²) in [5, 5.41) is 10.3. The molecule has 1 aliphatic heterocycles. The number of hydrogen-bond donors (Lipinski definition) is 1. The van der Waals surface area contributed by atoms with Crippen molar-refractivity contribution in [2.75, 3.05) is 19.6 Å². The Morgan fingerprint density at radius 3 is 2.57 bits per heavy atom. The predicted octanol–water partition coefficient (Wildman–Crippen LogP) is 3.63. The van der Waals surface area contributed by atoms with E-state index in [-0.39, 0.29) is 18.9 Å². The smallest absolute Gasteiger partial charge is 0.388 e.